The van der Waals surface area contributed by atoms with Gasteiger partial charge in [0.1, 0.15) is 6.54 Å². The normalized spacial score (nSPS) is 13.5. The third-order valence-electron chi connectivity index (χ3n) is 4.79. The van der Waals surface area contributed by atoms with Crippen LogP contribution in [0, 0.1) is 6.92 Å². The van der Waals surface area contributed by atoms with E-state index in [0.717, 1.165) is 24.3 Å². The van der Waals surface area contributed by atoms with E-state index in [1.807, 2.05) is 37.3 Å². The number of carbonyl (C=O) groups is 2. The topological polar surface area (TPSA) is 52.7 Å². The number of hydrogen-bond donors (Lipinski definition) is 1. The number of benzene rings is 2. The quantitative estimate of drug-likeness (QED) is 0.837. The zero-order chi connectivity index (χ0) is 19.4. The first-order chi connectivity index (χ1) is 12.9. The molecule has 27 heavy (non-hydrogen) atoms. The number of hydrogen-bond acceptors (Lipinski definition) is 3. The van der Waals surface area contributed by atoms with Crippen LogP contribution in [-0.2, 0) is 9.59 Å². The SMILES string of the molecule is CC(=O)N(CC(=O)Nc1cc(Cl)ccc1C)c1ccc(N2CCCC2)cc1. The van der Waals surface area contributed by atoms with E-state index in [0.29, 0.717) is 16.4 Å². The van der Waals surface area contributed by atoms with Crippen molar-refractivity contribution in [3.63, 3.8) is 0 Å². The van der Waals surface area contributed by atoms with Crippen LogP contribution in [0.25, 0.3) is 0 Å². The zero-order valence-electron chi connectivity index (χ0n) is 15.7. The number of rotatable bonds is 5. The summed E-state index contributed by atoms with van der Waals surface area (Å²) in [6, 6.07) is 13.1. The number of aryl methyl sites for hydroxylation is 1. The molecule has 1 N–H and O–H groups in total. The molecule has 0 saturated carbocycles. The summed E-state index contributed by atoms with van der Waals surface area (Å²) in [7, 11) is 0. The van der Waals surface area contributed by atoms with Crippen LogP contribution in [-0.4, -0.2) is 31.4 Å². The molecule has 2 amide bonds. The number of carbonyl (C=O) groups excluding carboxylic acids is 2. The van der Waals surface area contributed by atoms with Gasteiger partial charge >= 0.3 is 0 Å². The maximum atomic E-state index is 12.5. The van der Waals surface area contributed by atoms with E-state index < -0.39 is 0 Å². The predicted octanol–water partition coefficient (Wildman–Crippen LogP) is 4.24. The molecule has 1 fully saturated rings. The van der Waals surface area contributed by atoms with Crippen molar-refractivity contribution in [2.75, 3.05) is 34.8 Å². The molecule has 2 aromatic carbocycles. The van der Waals surface area contributed by atoms with E-state index in [4.69, 9.17) is 11.6 Å². The second kappa shape index (κ2) is 8.44. The summed E-state index contributed by atoms with van der Waals surface area (Å²) < 4.78 is 0. The summed E-state index contributed by atoms with van der Waals surface area (Å²) in [4.78, 5) is 28.4. The zero-order valence-corrected chi connectivity index (χ0v) is 16.4. The van der Waals surface area contributed by atoms with Gasteiger partial charge in [0.15, 0.2) is 0 Å². The van der Waals surface area contributed by atoms with Gasteiger partial charge in [-0.2, -0.15) is 0 Å². The Hall–Kier alpha value is -2.53. The van der Waals surface area contributed by atoms with E-state index in [9.17, 15) is 9.59 Å². The summed E-state index contributed by atoms with van der Waals surface area (Å²) in [5.74, 6) is -0.443. The van der Waals surface area contributed by atoms with Crippen molar-refractivity contribution >= 4 is 40.5 Å². The third-order valence-corrected chi connectivity index (χ3v) is 5.02. The van der Waals surface area contributed by atoms with Crippen LogP contribution in [0.1, 0.15) is 25.3 Å². The Kier molecular flexibility index (Phi) is 6.01. The molecule has 2 aromatic rings. The minimum Gasteiger partial charge on any atom is -0.372 e. The van der Waals surface area contributed by atoms with Gasteiger partial charge < -0.3 is 15.1 Å². The highest BCUT2D eigenvalue weighted by atomic mass is 35.5. The molecule has 1 aliphatic rings. The Balaban J connectivity index is 1.70. The molecular formula is C21H24ClN3O2. The first-order valence-electron chi connectivity index (χ1n) is 9.13. The smallest absolute Gasteiger partial charge is 0.244 e. The van der Waals surface area contributed by atoms with Crippen LogP contribution in [0.5, 0.6) is 0 Å². The van der Waals surface area contributed by atoms with Crippen LogP contribution < -0.4 is 15.1 Å². The molecule has 142 valence electrons. The molecule has 0 atom stereocenters. The van der Waals surface area contributed by atoms with E-state index in [2.05, 4.69) is 10.2 Å². The van der Waals surface area contributed by atoms with Crippen LogP contribution in [0.15, 0.2) is 42.5 Å². The van der Waals surface area contributed by atoms with E-state index >= 15 is 0 Å². The highest BCUT2D eigenvalue weighted by molar-refractivity contribution is 6.31. The lowest BCUT2D eigenvalue weighted by molar-refractivity contribution is -0.120. The van der Waals surface area contributed by atoms with Crippen LogP contribution in [0.4, 0.5) is 17.1 Å². The van der Waals surface area contributed by atoms with Crippen molar-refractivity contribution in [2.24, 2.45) is 0 Å². The Morgan fingerprint density at radius 2 is 1.78 bits per heavy atom. The Labute approximate surface area is 164 Å². The Morgan fingerprint density at radius 1 is 1.11 bits per heavy atom. The fourth-order valence-corrected chi connectivity index (χ4v) is 3.44. The summed E-state index contributed by atoms with van der Waals surface area (Å²) in [5.41, 5.74) is 3.43. The van der Waals surface area contributed by atoms with Crippen molar-refractivity contribution in [1.82, 2.24) is 0 Å². The molecule has 0 bridgehead atoms. The Morgan fingerprint density at radius 3 is 2.41 bits per heavy atom. The number of halogens is 1. The summed E-state index contributed by atoms with van der Waals surface area (Å²) in [6.07, 6.45) is 2.43. The minimum atomic E-state index is -0.265. The first-order valence-corrected chi connectivity index (χ1v) is 9.51. The van der Waals surface area contributed by atoms with Crippen molar-refractivity contribution in [1.29, 1.82) is 0 Å². The van der Waals surface area contributed by atoms with Gasteiger partial charge in [0.05, 0.1) is 0 Å². The number of anilines is 3. The van der Waals surface area contributed by atoms with Gasteiger partial charge in [0.2, 0.25) is 11.8 Å². The van der Waals surface area contributed by atoms with Crippen LogP contribution >= 0.6 is 11.6 Å². The third kappa shape index (κ3) is 4.80. The summed E-state index contributed by atoms with van der Waals surface area (Å²) in [5, 5.41) is 3.39. The van der Waals surface area contributed by atoms with Crippen molar-refractivity contribution in [2.45, 2.75) is 26.7 Å². The van der Waals surface area contributed by atoms with Gasteiger partial charge in [-0.1, -0.05) is 17.7 Å². The lowest BCUT2D eigenvalue weighted by Gasteiger charge is -2.23. The van der Waals surface area contributed by atoms with Gasteiger partial charge in [0, 0.05) is 42.1 Å². The highest BCUT2D eigenvalue weighted by Gasteiger charge is 2.18. The molecule has 6 heteroatoms. The highest BCUT2D eigenvalue weighted by Crippen LogP contribution is 2.24. The van der Waals surface area contributed by atoms with E-state index in [1.54, 1.807) is 12.1 Å². The fraction of sp³-hybridized carbons (Fsp3) is 0.333. The monoisotopic (exact) mass is 385 g/mol. The lowest BCUT2D eigenvalue weighted by atomic mass is 10.2. The maximum Gasteiger partial charge on any atom is 0.244 e. The minimum absolute atomic E-state index is 0.0512. The Bertz CT molecular complexity index is 830. The molecule has 5 nitrogen and oxygen atoms in total. The molecule has 0 radical (unpaired) electrons. The summed E-state index contributed by atoms with van der Waals surface area (Å²) >= 11 is 6.00. The van der Waals surface area contributed by atoms with Crippen LogP contribution in [0.3, 0.4) is 0 Å². The maximum absolute atomic E-state index is 12.5. The molecule has 1 aliphatic heterocycles. The largest absolute Gasteiger partial charge is 0.372 e. The van der Waals surface area contributed by atoms with Gasteiger partial charge in [0.25, 0.3) is 0 Å². The van der Waals surface area contributed by atoms with Crippen molar-refractivity contribution in [3.8, 4) is 0 Å². The summed E-state index contributed by atoms with van der Waals surface area (Å²) in [6.45, 7) is 5.44. The van der Waals surface area contributed by atoms with Crippen molar-refractivity contribution < 1.29 is 9.59 Å². The molecule has 1 heterocycles. The van der Waals surface area contributed by atoms with Gasteiger partial charge in [-0.15, -0.1) is 0 Å². The molecule has 0 aliphatic carbocycles. The van der Waals surface area contributed by atoms with E-state index in [1.165, 1.54) is 24.7 Å². The average molecular weight is 386 g/mol. The molecule has 3 rings (SSSR count). The average Bonchev–Trinajstić information content (AvgIpc) is 3.17. The number of nitrogens with one attached hydrogen (secondary N) is 1. The fourth-order valence-electron chi connectivity index (χ4n) is 3.27. The molecule has 0 unspecified atom stereocenters. The standard InChI is InChI=1S/C21H24ClN3O2/c1-15-5-6-17(22)13-20(15)23-21(27)14-25(16(2)26)19-9-7-18(8-10-19)24-11-3-4-12-24/h5-10,13H,3-4,11-12,14H2,1-2H3,(H,23,27). The van der Waals surface area contributed by atoms with E-state index in [-0.39, 0.29) is 18.4 Å². The molecule has 0 aromatic heterocycles. The molecular weight excluding hydrogens is 362 g/mol. The van der Waals surface area contributed by atoms with Gasteiger partial charge in [-0.3, -0.25) is 9.59 Å². The molecule has 0 spiro atoms. The van der Waals surface area contributed by atoms with Gasteiger partial charge in [-0.25, -0.2) is 0 Å². The lowest BCUT2D eigenvalue weighted by Crippen LogP contribution is -2.36. The second-order valence-electron chi connectivity index (χ2n) is 6.82. The van der Waals surface area contributed by atoms with Crippen molar-refractivity contribution in [3.05, 3.63) is 53.1 Å². The number of amides is 2. The van der Waals surface area contributed by atoms with Crippen LogP contribution in [0.2, 0.25) is 5.02 Å². The number of nitrogens with zero attached hydrogens (tertiary/aromatic N) is 2. The first kappa shape index (κ1) is 19.2. The second-order valence-corrected chi connectivity index (χ2v) is 7.26. The predicted molar refractivity (Wildman–Crippen MR) is 111 cm³/mol. The van der Waals surface area contributed by atoms with Gasteiger partial charge in [-0.05, 0) is 61.7 Å². The molecule has 1 saturated heterocycles.